The lowest BCUT2D eigenvalue weighted by atomic mass is 10.2. The molecule has 2 aromatic rings. The molecule has 8 heteroatoms. The fraction of sp³-hybridized carbons (Fsp3) is 0.167. The average Bonchev–Trinajstić information content (AvgIpc) is 2.99. The van der Waals surface area contributed by atoms with E-state index in [2.05, 4.69) is 15.6 Å². The van der Waals surface area contributed by atoms with Crippen molar-refractivity contribution in [2.45, 2.75) is 17.5 Å². The summed E-state index contributed by atoms with van der Waals surface area (Å²) in [4.78, 5) is 0. The van der Waals surface area contributed by atoms with E-state index in [-0.39, 0.29) is 11.1 Å². The smallest absolute Gasteiger partial charge is 0.212 e. The van der Waals surface area contributed by atoms with Crippen LogP contribution in [0.2, 0.25) is 0 Å². The number of quaternary nitrogens is 1. The van der Waals surface area contributed by atoms with E-state index in [0.29, 0.717) is 5.82 Å². The van der Waals surface area contributed by atoms with E-state index in [4.69, 9.17) is 5.21 Å². The van der Waals surface area contributed by atoms with Crippen molar-refractivity contribution in [3.8, 4) is 11.4 Å². The number of hydrogen-bond donors (Lipinski definition) is 3. The number of allylic oxidation sites excluding steroid dienone is 1. The van der Waals surface area contributed by atoms with Gasteiger partial charge in [0, 0.05) is 17.7 Å². The first-order valence-corrected chi connectivity index (χ1v) is 6.92. The molecule has 3 N–H and O–H groups in total. The third-order valence-electron chi connectivity index (χ3n) is 2.88. The second kappa shape index (κ2) is 5.25. The molecule has 1 aliphatic heterocycles. The van der Waals surface area contributed by atoms with Gasteiger partial charge in [-0.3, -0.25) is 0 Å². The number of benzene rings is 1. The van der Waals surface area contributed by atoms with E-state index in [0.717, 1.165) is 10.7 Å². The van der Waals surface area contributed by atoms with Crippen LogP contribution in [-0.2, 0) is 0 Å². The van der Waals surface area contributed by atoms with E-state index >= 15 is 0 Å². The summed E-state index contributed by atoms with van der Waals surface area (Å²) in [6.07, 6.45) is 4.02. The molecular formula is C12H13N5O2S. The molecule has 0 fully saturated rings. The van der Waals surface area contributed by atoms with Gasteiger partial charge in [-0.05, 0) is 19.1 Å². The number of nitrogens with one attached hydrogen (secondary N) is 2. The van der Waals surface area contributed by atoms with Gasteiger partial charge in [-0.25, -0.2) is 9.88 Å². The van der Waals surface area contributed by atoms with Crippen molar-refractivity contribution in [1.82, 2.24) is 14.9 Å². The van der Waals surface area contributed by atoms with Crippen molar-refractivity contribution in [3.63, 3.8) is 0 Å². The van der Waals surface area contributed by atoms with Crippen LogP contribution in [0, 0.1) is 5.21 Å². The molecule has 0 bridgehead atoms. The van der Waals surface area contributed by atoms with Gasteiger partial charge in [0.15, 0.2) is 11.5 Å². The van der Waals surface area contributed by atoms with Gasteiger partial charge in [-0.2, -0.15) is 5.23 Å². The summed E-state index contributed by atoms with van der Waals surface area (Å²) in [5.41, 5.74) is 4.35. The first-order valence-electron chi connectivity index (χ1n) is 6.04. The third-order valence-corrected chi connectivity index (χ3v) is 3.87. The third kappa shape index (κ3) is 2.29. The minimum atomic E-state index is -0.940. The molecule has 0 saturated carbocycles. The zero-order chi connectivity index (χ0) is 14.1. The standard InChI is InChI=1S/C12H13N5O2S/c1-2-3-10-15-16-11(13-14-12(16)20-10)8-4-6-9(7-5-8)17(18)19/h2-7,10,15,17-18H,1H3/t10-/m0/s1. The maximum atomic E-state index is 10.8. The summed E-state index contributed by atoms with van der Waals surface area (Å²) in [7, 11) is 0. The highest BCUT2D eigenvalue weighted by Gasteiger charge is 2.25. The molecule has 104 valence electrons. The van der Waals surface area contributed by atoms with Gasteiger partial charge in [0.05, 0.1) is 0 Å². The number of hydrogen-bond acceptors (Lipinski definition) is 6. The first kappa shape index (κ1) is 13.1. The maximum absolute atomic E-state index is 10.8. The van der Waals surface area contributed by atoms with Gasteiger partial charge in [-0.1, -0.05) is 23.9 Å². The van der Waals surface area contributed by atoms with Crippen molar-refractivity contribution < 1.29 is 10.4 Å². The fourth-order valence-corrected chi connectivity index (χ4v) is 2.89. The van der Waals surface area contributed by atoms with Gasteiger partial charge in [0.1, 0.15) is 5.37 Å². The maximum Gasteiger partial charge on any atom is 0.212 e. The van der Waals surface area contributed by atoms with Gasteiger partial charge < -0.3 is 10.6 Å². The normalized spacial score (nSPS) is 19.1. The topological polar surface area (TPSA) is 90.5 Å². The molecule has 1 unspecified atom stereocenters. The predicted octanol–water partition coefficient (Wildman–Crippen LogP) is 0.900. The van der Waals surface area contributed by atoms with E-state index in [1.54, 1.807) is 36.0 Å². The Bertz CT molecular complexity index is 638. The highest BCUT2D eigenvalue weighted by Crippen LogP contribution is 2.31. The van der Waals surface area contributed by atoms with Gasteiger partial charge in [-0.15, -0.1) is 10.2 Å². The molecule has 7 nitrogen and oxygen atoms in total. The number of fused-ring (bicyclic) bond motifs is 1. The molecule has 0 aliphatic carbocycles. The highest BCUT2D eigenvalue weighted by atomic mass is 32.2. The Kier molecular flexibility index (Phi) is 3.45. The lowest BCUT2D eigenvalue weighted by Gasteiger charge is -2.12. The van der Waals surface area contributed by atoms with Crippen LogP contribution in [0.25, 0.3) is 11.4 Å². The zero-order valence-corrected chi connectivity index (χ0v) is 11.5. The van der Waals surface area contributed by atoms with Gasteiger partial charge in [0.25, 0.3) is 0 Å². The summed E-state index contributed by atoms with van der Waals surface area (Å²) in [6.45, 7) is 1.97. The van der Waals surface area contributed by atoms with Crippen LogP contribution in [0.15, 0.2) is 41.6 Å². The van der Waals surface area contributed by atoms with Crippen LogP contribution >= 0.6 is 11.8 Å². The lowest BCUT2D eigenvalue weighted by molar-refractivity contribution is -0.991. The van der Waals surface area contributed by atoms with E-state index in [1.165, 1.54) is 0 Å². The first-order chi connectivity index (χ1) is 9.69. The quantitative estimate of drug-likeness (QED) is 0.575. The predicted molar refractivity (Wildman–Crippen MR) is 75.1 cm³/mol. The Morgan fingerprint density at radius 2 is 2.15 bits per heavy atom. The van der Waals surface area contributed by atoms with Gasteiger partial charge in [0.2, 0.25) is 5.16 Å². The molecule has 1 aromatic heterocycles. The molecule has 20 heavy (non-hydrogen) atoms. The Hall–Kier alpha value is -1.87. The van der Waals surface area contributed by atoms with Gasteiger partial charge >= 0.3 is 0 Å². The number of thioether (sulfide) groups is 1. The molecule has 2 heterocycles. The van der Waals surface area contributed by atoms with Crippen LogP contribution in [0.3, 0.4) is 0 Å². The second-order valence-corrected chi connectivity index (χ2v) is 5.33. The molecule has 2 atom stereocenters. The minimum absolute atomic E-state index is 0.141. The van der Waals surface area contributed by atoms with Crippen LogP contribution in [-0.4, -0.2) is 25.5 Å². The molecule has 3 rings (SSSR count). The van der Waals surface area contributed by atoms with Crippen LogP contribution < -0.4 is 10.7 Å². The van der Waals surface area contributed by atoms with Crippen LogP contribution in [0.1, 0.15) is 6.92 Å². The van der Waals surface area contributed by atoms with Crippen molar-refractivity contribution in [2.75, 3.05) is 5.43 Å². The van der Waals surface area contributed by atoms with Crippen molar-refractivity contribution in [1.29, 1.82) is 0 Å². The molecule has 1 aromatic carbocycles. The average molecular weight is 291 g/mol. The van der Waals surface area contributed by atoms with E-state index in [9.17, 15) is 5.21 Å². The molecule has 0 saturated heterocycles. The number of nitrogens with zero attached hydrogens (tertiary/aromatic N) is 3. The Morgan fingerprint density at radius 1 is 1.40 bits per heavy atom. The molecule has 0 amide bonds. The highest BCUT2D eigenvalue weighted by molar-refractivity contribution is 8.00. The monoisotopic (exact) mass is 291 g/mol. The van der Waals surface area contributed by atoms with E-state index < -0.39 is 5.23 Å². The summed E-state index contributed by atoms with van der Waals surface area (Å²) in [5, 5.41) is 28.0. The summed E-state index contributed by atoms with van der Waals surface area (Å²) in [6, 6.07) is 6.59. The number of rotatable bonds is 3. The largest absolute Gasteiger partial charge is 0.595 e. The Balaban J connectivity index is 1.90. The zero-order valence-electron chi connectivity index (χ0n) is 10.6. The van der Waals surface area contributed by atoms with Crippen molar-refractivity contribution in [2.24, 2.45) is 0 Å². The molecule has 0 spiro atoms. The summed E-state index contributed by atoms with van der Waals surface area (Å²) in [5.74, 6) is 0.677. The van der Waals surface area contributed by atoms with E-state index in [1.807, 2.05) is 23.8 Å². The number of aromatic nitrogens is 3. The summed E-state index contributed by atoms with van der Waals surface area (Å²) < 4.78 is 1.82. The van der Waals surface area contributed by atoms with Crippen LogP contribution in [0.4, 0.5) is 5.69 Å². The summed E-state index contributed by atoms with van der Waals surface area (Å²) >= 11 is 1.58. The Labute approximate surface area is 119 Å². The SMILES string of the molecule is CC=C[C@H]1Nn2c(nnc2-c2ccc([NH+]([O-])O)cc2)S1. The Morgan fingerprint density at radius 3 is 2.80 bits per heavy atom. The second-order valence-electron chi connectivity index (χ2n) is 4.22. The lowest BCUT2D eigenvalue weighted by Crippen LogP contribution is -2.99. The van der Waals surface area contributed by atoms with Crippen molar-refractivity contribution in [3.05, 3.63) is 41.6 Å². The molecule has 1 aliphatic rings. The van der Waals surface area contributed by atoms with Crippen molar-refractivity contribution >= 4 is 17.4 Å². The molecule has 0 radical (unpaired) electrons. The fourth-order valence-electron chi connectivity index (χ4n) is 1.94. The molecular weight excluding hydrogens is 278 g/mol. The minimum Gasteiger partial charge on any atom is -0.595 e. The van der Waals surface area contributed by atoms with Crippen LogP contribution in [0.5, 0.6) is 0 Å².